The second kappa shape index (κ2) is 8.20. The number of nitrogens with one attached hydrogen (secondary N) is 1. The topological polar surface area (TPSA) is 68.0 Å². The van der Waals surface area contributed by atoms with E-state index >= 15 is 0 Å². The number of alkyl halides is 3. The van der Waals surface area contributed by atoms with E-state index in [0.29, 0.717) is 15.7 Å². The van der Waals surface area contributed by atoms with Gasteiger partial charge in [-0.3, -0.25) is 4.79 Å². The lowest BCUT2D eigenvalue weighted by Gasteiger charge is -2.08. The van der Waals surface area contributed by atoms with Gasteiger partial charge in [0.05, 0.1) is 21.3 Å². The van der Waals surface area contributed by atoms with Crippen molar-refractivity contribution in [3.63, 3.8) is 0 Å². The number of nitrogens with zero attached hydrogens (tertiary/aromatic N) is 2. The van der Waals surface area contributed by atoms with Gasteiger partial charge in [-0.2, -0.15) is 18.2 Å². The highest BCUT2D eigenvalue weighted by atomic mass is 35.5. The normalized spacial score (nSPS) is 11.5. The van der Waals surface area contributed by atoms with Crippen LogP contribution in [0.2, 0.25) is 10.0 Å². The van der Waals surface area contributed by atoms with Gasteiger partial charge in [0.15, 0.2) is 0 Å². The van der Waals surface area contributed by atoms with Gasteiger partial charge in [0.25, 0.3) is 0 Å². The molecule has 0 aliphatic carbocycles. The van der Waals surface area contributed by atoms with Crippen molar-refractivity contribution in [3.8, 4) is 11.4 Å². The summed E-state index contributed by atoms with van der Waals surface area (Å²) in [7, 11) is 0. The number of carbonyl (C=O) groups is 1. The first-order chi connectivity index (χ1) is 13.2. The molecule has 1 N–H and O–H groups in total. The Hall–Kier alpha value is -2.58. The number of hydrogen-bond donors (Lipinski definition) is 1. The van der Waals surface area contributed by atoms with Gasteiger partial charge in [-0.25, -0.2) is 0 Å². The minimum absolute atomic E-state index is 0.00816. The average molecular weight is 430 g/mol. The standard InChI is InChI=1S/C18H12Cl2F3N3O2/c19-12-5-2-6-13(20)16(12)24-14(27)7-8-15-25-17(26-28-15)10-3-1-4-11(9-10)18(21,22)23/h1-6,9H,7-8H2,(H,24,27). The molecule has 146 valence electrons. The van der Waals surface area contributed by atoms with E-state index in [0.717, 1.165) is 12.1 Å². The van der Waals surface area contributed by atoms with Gasteiger partial charge in [0, 0.05) is 18.4 Å². The summed E-state index contributed by atoms with van der Waals surface area (Å²) in [6.45, 7) is 0. The maximum absolute atomic E-state index is 12.8. The number of aromatic nitrogens is 2. The first-order valence-corrected chi connectivity index (χ1v) is 8.73. The van der Waals surface area contributed by atoms with Crippen LogP contribution in [-0.4, -0.2) is 16.0 Å². The van der Waals surface area contributed by atoms with E-state index in [1.807, 2.05) is 0 Å². The fourth-order valence-electron chi connectivity index (χ4n) is 2.35. The number of aryl methyl sites for hydroxylation is 1. The van der Waals surface area contributed by atoms with Crippen LogP contribution in [0.25, 0.3) is 11.4 Å². The lowest BCUT2D eigenvalue weighted by atomic mass is 10.1. The predicted molar refractivity (Wildman–Crippen MR) is 98.1 cm³/mol. The summed E-state index contributed by atoms with van der Waals surface area (Å²) in [6.07, 6.45) is -4.38. The van der Waals surface area contributed by atoms with Crippen molar-refractivity contribution in [2.75, 3.05) is 5.32 Å². The van der Waals surface area contributed by atoms with Crippen LogP contribution in [0, 0.1) is 0 Å². The molecule has 1 aromatic heterocycles. The molecule has 0 unspecified atom stereocenters. The van der Waals surface area contributed by atoms with Gasteiger partial charge < -0.3 is 9.84 Å². The molecule has 0 radical (unpaired) electrons. The summed E-state index contributed by atoms with van der Waals surface area (Å²) < 4.78 is 43.4. The van der Waals surface area contributed by atoms with Gasteiger partial charge in [-0.15, -0.1) is 0 Å². The van der Waals surface area contributed by atoms with E-state index in [1.165, 1.54) is 12.1 Å². The van der Waals surface area contributed by atoms with Crippen LogP contribution in [0.4, 0.5) is 18.9 Å². The molecule has 2 aromatic carbocycles. The molecule has 10 heteroatoms. The quantitative estimate of drug-likeness (QED) is 0.570. The van der Waals surface area contributed by atoms with E-state index in [9.17, 15) is 18.0 Å². The molecule has 0 fully saturated rings. The van der Waals surface area contributed by atoms with Crippen molar-refractivity contribution in [3.05, 3.63) is 64.0 Å². The molecule has 5 nitrogen and oxygen atoms in total. The van der Waals surface area contributed by atoms with Crippen molar-refractivity contribution in [2.45, 2.75) is 19.0 Å². The third kappa shape index (κ3) is 4.82. The predicted octanol–water partition coefficient (Wildman–Crippen LogP) is 5.63. The van der Waals surface area contributed by atoms with Gasteiger partial charge in [-0.05, 0) is 24.3 Å². The molecule has 0 bridgehead atoms. The highest BCUT2D eigenvalue weighted by molar-refractivity contribution is 6.39. The van der Waals surface area contributed by atoms with E-state index in [2.05, 4.69) is 15.5 Å². The van der Waals surface area contributed by atoms with E-state index in [1.54, 1.807) is 18.2 Å². The highest BCUT2D eigenvalue weighted by Crippen LogP contribution is 2.32. The Balaban J connectivity index is 1.65. The molecule has 0 aliphatic heterocycles. The molecule has 0 atom stereocenters. The Kier molecular flexibility index (Phi) is 5.90. The fraction of sp³-hybridized carbons (Fsp3) is 0.167. The van der Waals surface area contributed by atoms with Crippen LogP contribution < -0.4 is 5.32 Å². The second-order valence-electron chi connectivity index (χ2n) is 5.74. The Bertz CT molecular complexity index is 985. The van der Waals surface area contributed by atoms with Crippen LogP contribution in [0.15, 0.2) is 47.0 Å². The molecule has 0 spiro atoms. The number of hydrogen-bond acceptors (Lipinski definition) is 4. The molecule has 1 heterocycles. The van der Waals surface area contributed by atoms with Crippen LogP contribution in [-0.2, 0) is 17.4 Å². The zero-order valence-corrected chi connectivity index (χ0v) is 15.6. The zero-order valence-electron chi connectivity index (χ0n) is 14.1. The molecule has 3 aromatic rings. The van der Waals surface area contributed by atoms with E-state index in [-0.39, 0.29) is 36.0 Å². The first kappa shape index (κ1) is 20.2. The fourth-order valence-corrected chi connectivity index (χ4v) is 2.84. The van der Waals surface area contributed by atoms with Crippen molar-refractivity contribution >= 4 is 34.8 Å². The van der Waals surface area contributed by atoms with Crippen molar-refractivity contribution < 1.29 is 22.5 Å². The largest absolute Gasteiger partial charge is 0.416 e. The number of carbonyl (C=O) groups excluding carboxylic acids is 1. The molecule has 3 rings (SSSR count). The molecule has 1 amide bonds. The summed E-state index contributed by atoms with van der Waals surface area (Å²) >= 11 is 12.0. The first-order valence-electron chi connectivity index (χ1n) is 7.98. The molecule has 0 aliphatic rings. The highest BCUT2D eigenvalue weighted by Gasteiger charge is 2.30. The van der Waals surface area contributed by atoms with Crippen LogP contribution in [0.1, 0.15) is 17.9 Å². The van der Waals surface area contributed by atoms with E-state index < -0.39 is 11.7 Å². The van der Waals surface area contributed by atoms with E-state index in [4.69, 9.17) is 27.7 Å². The molecular formula is C18H12Cl2F3N3O2. The maximum Gasteiger partial charge on any atom is 0.416 e. The summed E-state index contributed by atoms with van der Waals surface area (Å²) in [5.41, 5.74) is -0.351. The van der Waals surface area contributed by atoms with Gasteiger partial charge in [0.1, 0.15) is 0 Å². The summed E-state index contributed by atoms with van der Waals surface area (Å²) in [5.74, 6) is -0.253. The van der Waals surface area contributed by atoms with Crippen molar-refractivity contribution in [1.82, 2.24) is 10.1 Å². The average Bonchev–Trinajstić information content (AvgIpc) is 3.12. The van der Waals surface area contributed by atoms with Crippen molar-refractivity contribution in [2.24, 2.45) is 0 Å². The Morgan fingerprint density at radius 3 is 2.46 bits per heavy atom. The van der Waals surface area contributed by atoms with Gasteiger partial charge in [-0.1, -0.05) is 46.6 Å². The monoisotopic (exact) mass is 429 g/mol. The minimum Gasteiger partial charge on any atom is -0.339 e. The van der Waals surface area contributed by atoms with Crippen LogP contribution >= 0.6 is 23.2 Å². The molecule has 0 saturated carbocycles. The summed E-state index contributed by atoms with van der Waals surface area (Å²) in [5, 5.41) is 6.86. The van der Waals surface area contributed by atoms with Gasteiger partial charge >= 0.3 is 6.18 Å². The number of benzene rings is 2. The lowest BCUT2D eigenvalue weighted by Crippen LogP contribution is -2.13. The number of halogens is 5. The smallest absolute Gasteiger partial charge is 0.339 e. The Morgan fingerprint density at radius 2 is 1.79 bits per heavy atom. The third-order valence-corrected chi connectivity index (χ3v) is 4.34. The van der Waals surface area contributed by atoms with Gasteiger partial charge in [0.2, 0.25) is 17.6 Å². The number of amides is 1. The van der Waals surface area contributed by atoms with Crippen LogP contribution in [0.3, 0.4) is 0 Å². The Labute approximate surface area is 167 Å². The number of anilines is 1. The zero-order chi connectivity index (χ0) is 20.3. The lowest BCUT2D eigenvalue weighted by molar-refractivity contribution is -0.137. The summed E-state index contributed by atoms with van der Waals surface area (Å²) in [6, 6.07) is 9.40. The van der Waals surface area contributed by atoms with Crippen LogP contribution in [0.5, 0.6) is 0 Å². The number of rotatable bonds is 5. The second-order valence-corrected chi connectivity index (χ2v) is 6.55. The third-order valence-electron chi connectivity index (χ3n) is 3.71. The maximum atomic E-state index is 12.8. The molecule has 0 saturated heterocycles. The molecule has 28 heavy (non-hydrogen) atoms. The number of para-hydroxylation sites is 1. The SMILES string of the molecule is O=C(CCc1nc(-c2cccc(C(F)(F)F)c2)no1)Nc1c(Cl)cccc1Cl. The molecular weight excluding hydrogens is 418 g/mol. The van der Waals surface area contributed by atoms with Crippen molar-refractivity contribution in [1.29, 1.82) is 0 Å². The summed E-state index contributed by atoms with van der Waals surface area (Å²) in [4.78, 5) is 16.1. The minimum atomic E-state index is -4.47. The Morgan fingerprint density at radius 1 is 1.11 bits per heavy atom.